The first-order valence-corrected chi connectivity index (χ1v) is 19.9. The Bertz CT molecular complexity index is 1990. The van der Waals surface area contributed by atoms with E-state index in [4.69, 9.17) is 9.72 Å². The number of nitrogens with zero attached hydrogens (tertiary/aromatic N) is 5. The van der Waals surface area contributed by atoms with Crippen LogP contribution in [0.5, 0.6) is 0 Å². The van der Waals surface area contributed by atoms with E-state index in [0.29, 0.717) is 12.8 Å². The van der Waals surface area contributed by atoms with Gasteiger partial charge in [0.05, 0.1) is 23.4 Å². The van der Waals surface area contributed by atoms with Crippen molar-refractivity contribution in [3.8, 4) is 21.1 Å². The molecule has 2 saturated carbocycles. The summed E-state index contributed by atoms with van der Waals surface area (Å²) in [6.45, 7) is 0.162. The van der Waals surface area contributed by atoms with Crippen molar-refractivity contribution in [1.29, 1.82) is 0 Å². The minimum absolute atomic E-state index is 0.162. The predicted molar refractivity (Wildman–Crippen MR) is 196 cm³/mol. The van der Waals surface area contributed by atoms with Gasteiger partial charge in [-0.2, -0.15) is 0 Å². The number of imidazole rings is 1. The highest BCUT2D eigenvalue weighted by Gasteiger charge is 2.61. The molecule has 8 rings (SSSR count). The fourth-order valence-corrected chi connectivity index (χ4v) is 9.33. The average Bonchev–Trinajstić information content (AvgIpc) is 3.88. The van der Waals surface area contributed by atoms with Crippen molar-refractivity contribution in [2.75, 3.05) is 6.54 Å². The Labute approximate surface area is 308 Å². The third-order valence-corrected chi connectivity index (χ3v) is 12.5. The number of rotatable bonds is 6. The number of allylic oxidation sites excluding steroid dienone is 1. The second-order valence-electron chi connectivity index (χ2n) is 14.3. The summed E-state index contributed by atoms with van der Waals surface area (Å²) in [6, 6.07) is 1.82. The molecule has 5 atom stereocenters. The Morgan fingerprint density at radius 2 is 1.75 bits per heavy atom. The molecule has 272 valence electrons. The Balaban J connectivity index is 1.15. The fourth-order valence-electron chi connectivity index (χ4n) is 8.05. The highest BCUT2D eigenvalue weighted by atomic mass is 32.1. The number of nitrogens with one attached hydrogen (secondary N) is 2. The smallest absolute Gasteiger partial charge is 0.408 e. The molecule has 4 aromatic rings. The molecule has 0 spiro atoms. The van der Waals surface area contributed by atoms with Crippen molar-refractivity contribution < 1.29 is 29.0 Å². The normalized spacial score (nSPS) is 27.7. The second kappa shape index (κ2) is 14.4. The van der Waals surface area contributed by atoms with Gasteiger partial charge < -0.3 is 29.9 Å². The van der Waals surface area contributed by atoms with E-state index < -0.39 is 35.6 Å². The van der Waals surface area contributed by atoms with Gasteiger partial charge >= 0.3 is 12.1 Å². The van der Waals surface area contributed by atoms with Gasteiger partial charge in [0.15, 0.2) is 0 Å². The Morgan fingerprint density at radius 1 is 0.981 bits per heavy atom. The number of thiazole rings is 2. The second-order valence-corrected chi connectivity index (χ2v) is 16.1. The van der Waals surface area contributed by atoms with Gasteiger partial charge in [-0.05, 0) is 69.9 Å². The number of aliphatic carboxylic acids is 1. The Morgan fingerprint density at radius 3 is 2.50 bits per heavy atom. The molecule has 15 heteroatoms. The molecule has 0 radical (unpaired) electrons. The number of carbonyl (C=O) groups excluding carboxylic acids is 3. The molecule has 3 amide bonds. The minimum Gasteiger partial charge on any atom is -0.479 e. The third-order valence-electron chi connectivity index (χ3n) is 10.9. The number of aromatic nitrogens is 4. The molecule has 2 aliphatic carbocycles. The molecule has 3 aromatic heterocycles. The number of alkyl carbamates (subject to hydrolysis) is 1. The lowest BCUT2D eigenvalue weighted by atomic mass is 10.0. The van der Waals surface area contributed by atoms with Crippen molar-refractivity contribution in [2.24, 2.45) is 5.92 Å². The van der Waals surface area contributed by atoms with Crippen LogP contribution in [0.3, 0.4) is 0 Å². The monoisotopic (exact) mass is 743 g/mol. The van der Waals surface area contributed by atoms with E-state index >= 15 is 0 Å². The molecule has 4 aliphatic rings. The molecule has 3 N–H and O–H groups in total. The van der Waals surface area contributed by atoms with Crippen LogP contribution in [0.2, 0.25) is 0 Å². The highest BCUT2D eigenvalue weighted by Crippen LogP contribution is 2.46. The molecule has 5 heterocycles. The number of hydrogen-bond acceptors (Lipinski definition) is 10. The number of amides is 3. The van der Waals surface area contributed by atoms with Crippen molar-refractivity contribution >= 4 is 57.6 Å². The van der Waals surface area contributed by atoms with E-state index in [1.165, 1.54) is 27.6 Å². The van der Waals surface area contributed by atoms with Crippen LogP contribution in [0.4, 0.5) is 4.79 Å². The average molecular weight is 744 g/mol. The van der Waals surface area contributed by atoms with E-state index in [-0.39, 0.29) is 43.4 Å². The van der Waals surface area contributed by atoms with Crippen LogP contribution in [0, 0.1) is 5.92 Å². The molecule has 1 saturated heterocycles. The summed E-state index contributed by atoms with van der Waals surface area (Å²) in [5, 5.41) is 21.5. The summed E-state index contributed by atoms with van der Waals surface area (Å²) in [7, 11) is 0. The van der Waals surface area contributed by atoms with Gasteiger partial charge in [-0.3, -0.25) is 9.59 Å². The topological polar surface area (TPSA) is 169 Å². The fraction of sp³-hybridized carbons (Fsp3) is 0.486. The van der Waals surface area contributed by atoms with Crippen LogP contribution >= 0.6 is 22.7 Å². The Kier molecular flexibility index (Phi) is 9.55. The number of benzene rings is 1. The van der Waals surface area contributed by atoms with Gasteiger partial charge in [0.25, 0.3) is 0 Å². The third kappa shape index (κ3) is 6.71. The molecule has 1 aromatic carbocycles. The van der Waals surface area contributed by atoms with Gasteiger partial charge in [0.1, 0.15) is 33.7 Å². The maximum absolute atomic E-state index is 14.6. The minimum atomic E-state index is -1.42. The molecular weight excluding hydrogens is 703 g/mol. The maximum Gasteiger partial charge on any atom is 0.408 e. The summed E-state index contributed by atoms with van der Waals surface area (Å²) in [5.41, 5.74) is 1.89. The van der Waals surface area contributed by atoms with E-state index in [2.05, 4.69) is 20.6 Å². The zero-order valence-electron chi connectivity index (χ0n) is 28.6. The molecule has 2 aliphatic heterocycles. The van der Waals surface area contributed by atoms with E-state index in [1.54, 1.807) is 18.7 Å². The summed E-state index contributed by atoms with van der Waals surface area (Å²) in [6.07, 6.45) is 16.0. The van der Waals surface area contributed by atoms with Crippen LogP contribution < -0.4 is 10.6 Å². The first kappa shape index (κ1) is 34.5. The molecule has 3 fully saturated rings. The molecular formula is C37H41N7O6S2. The lowest BCUT2D eigenvalue weighted by Crippen LogP contribution is -2.56. The first-order valence-electron chi connectivity index (χ1n) is 18.1. The summed E-state index contributed by atoms with van der Waals surface area (Å²) >= 11 is 3.04. The molecule has 13 nitrogen and oxygen atoms in total. The number of ether oxygens (including phenoxy) is 1. The van der Waals surface area contributed by atoms with Gasteiger partial charge in [0.2, 0.25) is 11.8 Å². The predicted octanol–water partition coefficient (Wildman–Crippen LogP) is 5.94. The SMILES string of the molecule is O=C(N[C@H]1CCCCC/C=C\[C@H]2C[C@@]2(C(=O)O)NC(=O)[C@@H]2C[C@@H](n3cnc4c(-c5nccs5)cc(-c5nccs5)cc43)CN2C1=O)OC1CCCC1. The van der Waals surface area contributed by atoms with E-state index in [0.717, 1.165) is 77.1 Å². The van der Waals surface area contributed by atoms with Crippen molar-refractivity contribution in [3.63, 3.8) is 0 Å². The zero-order valence-corrected chi connectivity index (χ0v) is 30.2. The first-order chi connectivity index (χ1) is 25.3. The zero-order chi connectivity index (χ0) is 35.8. The van der Waals surface area contributed by atoms with Gasteiger partial charge in [-0.25, -0.2) is 24.5 Å². The van der Waals surface area contributed by atoms with Gasteiger partial charge in [-0.15, -0.1) is 22.7 Å². The maximum atomic E-state index is 14.6. The van der Waals surface area contributed by atoms with Crippen molar-refractivity contribution in [2.45, 2.75) is 100 Å². The molecule has 0 unspecified atom stereocenters. The summed E-state index contributed by atoms with van der Waals surface area (Å²) < 4.78 is 7.70. The number of carbonyl (C=O) groups is 4. The largest absolute Gasteiger partial charge is 0.479 e. The summed E-state index contributed by atoms with van der Waals surface area (Å²) in [5.74, 6) is -2.32. The lowest BCUT2D eigenvalue weighted by molar-refractivity contribution is -0.145. The Hall–Kier alpha value is -4.63. The van der Waals surface area contributed by atoms with E-state index in [1.807, 2.05) is 39.6 Å². The quantitative estimate of drug-likeness (QED) is 0.202. The van der Waals surface area contributed by atoms with Crippen LogP contribution in [0.25, 0.3) is 32.2 Å². The highest BCUT2D eigenvalue weighted by molar-refractivity contribution is 7.13. The number of hydrogen-bond donors (Lipinski definition) is 3. The number of carboxylic acid groups (broad SMARTS) is 1. The van der Waals surface area contributed by atoms with Gasteiger partial charge in [-0.1, -0.05) is 25.0 Å². The molecule has 0 bridgehead atoms. The van der Waals surface area contributed by atoms with Crippen LogP contribution in [0.1, 0.15) is 76.7 Å². The number of fused-ring (bicyclic) bond motifs is 3. The van der Waals surface area contributed by atoms with Crippen molar-refractivity contribution in [3.05, 3.63) is 53.8 Å². The summed E-state index contributed by atoms with van der Waals surface area (Å²) in [4.78, 5) is 70.0. The molecule has 52 heavy (non-hydrogen) atoms. The van der Waals surface area contributed by atoms with Crippen LogP contribution in [-0.2, 0) is 19.1 Å². The standard InChI is InChI=1S/C37H41N7O6S2/c45-31-29-18-24(44-21-40-30-26(33-39-13-15-52-33)16-22(17-28(30)44)32-38-12-14-51-32)20-43(29)34(46)27(41-36(49)50-25-9-6-7-10-25)11-5-3-1-2-4-8-23-19-37(23,42-31)35(47)48/h4,8,12-17,21,23-25,27,29H,1-3,5-7,9-11,18-20H2,(H,41,49)(H,42,45)(H,47,48)/b8-4-/t23-,24+,27-,29-,37+/m0/s1. The van der Waals surface area contributed by atoms with E-state index in [9.17, 15) is 24.3 Å². The lowest BCUT2D eigenvalue weighted by Gasteiger charge is -2.29. The number of carboxylic acids is 1. The van der Waals surface area contributed by atoms with Crippen LogP contribution in [-0.4, -0.2) is 83.7 Å². The van der Waals surface area contributed by atoms with Crippen LogP contribution in [0.15, 0.2) is 53.8 Å². The van der Waals surface area contributed by atoms with Crippen molar-refractivity contribution in [1.82, 2.24) is 35.1 Å². The van der Waals surface area contributed by atoms with Gasteiger partial charge in [0, 0.05) is 46.7 Å².